The molecule has 1 aliphatic carbocycles. The molecule has 6 nitrogen and oxygen atoms in total. The van der Waals surface area contributed by atoms with Crippen molar-refractivity contribution in [2.24, 2.45) is 17.6 Å². The number of nitrogens with two attached hydrogens (primary N) is 1. The molecular weight excluding hydrogens is 342 g/mol. The molecule has 0 aromatic heterocycles. The predicted octanol–water partition coefficient (Wildman–Crippen LogP) is 2.07. The highest BCUT2D eigenvalue weighted by molar-refractivity contribution is 5.89. The first-order chi connectivity index (χ1) is 13.1. The van der Waals surface area contributed by atoms with Crippen molar-refractivity contribution in [3.63, 3.8) is 0 Å². The van der Waals surface area contributed by atoms with E-state index in [4.69, 9.17) is 10.5 Å². The van der Waals surface area contributed by atoms with E-state index in [1.54, 1.807) is 12.0 Å². The fourth-order valence-electron chi connectivity index (χ4n) is 4.26. The van der Waals surface area contributed by atoms with E-state index >= 15 is 0 Å². The summed E-state index contributed by atoms with van der Waals surface area (Å²) >= 11 is 0. The predicted molar refractivity (Wildman–Crippen MR) is 104 cm³/mol. The Bertz CT molecular complexity index is 641. The number of rotatable bonds is 7. The van der Waals surface area contributed by atoms with Gasteiger partial charge in [-0.2, -0.15) is 0 Å². The van der Waals surface area contributed by atoms with Crippen molar-refractivity contribution in [3.8, 4) is 5.75 Å². The van der Waals surface area contributed by atoms with E-state index < -0.39 is 0 Å². The number of carbonyl (C=O) groups is 2. The van der Waals surface area contributed by atoms with Gasteiger partial charge in [0.25, 0.3) is 0 Å². The third-order valence-corrected chi connectivity index (χ3v) is 5.92. The lowest BCUT2D eigenvalue weighted by molar-refractivity contribution is -0.129. The van der Waals surface area contributed by atoms with Crippen molar-refractivity contribution < 1.29 is 14.3 Å². The van der Waals surface area contributed by atoms with Gasteiger partial charge in [0, 0.05) is 32.1 Å². The second kappa shape index (κ2) is 9.22. The maximum absolute atomic E-state index is 12.7. The molecule has 3 rings (SSSR count). The molecule has 1 aliphatic heterocycles. The van der Waals surface area contributed by atoms with Crippen LogP contribution in [0.3, 0.4) is 0 Å². The van der Waals surface area contributed by atoms with Crippen molar-refractivity contribution in [2.75, 3.05) is 20.2 Å². The SMILES string of the molecule is COc1ccc(CN2CC(C(=O)NC(CN)C3CCCCC3)CC2=O)cc1. The number of amides is 2. The lowest BCUT2D eigenvalue weighted by atomic mass is 9.83. The lowest BCUT2D eigenvalue weighted by Gasteiger charge is -2.30. The van der Waals surface area contributed by atoms with Crippen molar-refractivity contribution in [3.05, 3.63) is 29.8 Å². The highest BCUT2D eigenvalue weighted by atomic mass is 16.5. The minimum Gasteiger partial charge on any atom is -0.497 e. The Hall–Kier alpha value is -2.08. The highest BCUT2D eigenvalue weighted by Gasteiger charge is 2.35. The number of methoxy groups -OCH3 is 1. The lowest BCUT2D eigenvalue weighted by Crippen LogP contribution is -2.48. The number of hydrogen-bond acceptors (Lipinski definition) is 4. The van der Waals surface area contributed by atoms with Crippen LogP contribution in [0.2, 0.25) is 0 Å². The summed E-state index contributed by atoms with van der Waals surface area (Å²) in [6.45, 7) is 1.46. The summed E-state index contributed by atoms with van der Waals surface area (Å²) in [4.78, 5) is 26.9. The summed E-state index contributed by atoms with van der Waals surface area (Å²) in [7, 11) is 1.63. The smallest absolute Gasteiger partial charge is 0.225 e. The maximum atomic E-state index is 12.7. The Kier molecular flexibility index (Phi) is 6.72. The molecule has 1 saturated heterocycles. The fraction of sp³-hybridized carbons (Fsp3) is 0.619. The number of benzene rings is 1. The minimum absolute atomic E-state index is 0.0263. The Labute approximate surface area is 161 Å². The van der Waals surface area contributed by atoms with Gasteiger partial charge >= 0.3 is 0 Å². The zero-order valence-electron chi connectivity index (χ0n) is 16.2. The molecular formula is C21H31N3O3. The molecule has 1 aromatic rings. The van der Waals surface area contributed by atoms with Gasteiger partial charge in [-0.15, -0.1) is 0 Å². The highest BCUT2D eigenvalue weighted by Crippen LogP contribution is 2.27. The zero-order valence-corrected chi connectivity index (χ0v) is 16.2. The molecule has 2 fully saturated rings. The summed E-state index contributed by atoms with van der Waals surface area (Å²) in [5.41, 5.74) is 6.96. The van der Waals surface area contributed by atoms with Crippen molar-refractivity contribution in [1.29, 1.82) is 0 Å². The average molecular weight is 373 g/mol. The largest absolute Gasteiger partial charge is 0.497 e. The Morgan fingerprint density at radius 1 is 1.26 bits per heavy atom. The number of hydrogen-bond donors (Lipinski definition) is 2. The van der Waals surface area contributed by atoms with E-state index in [9.17, 15) is 9.59 Å². The molecule has 2 amide bonds. The van der Waals surface area contributed by atoms with Crippen molar-refractivity contribution in [2.45, 2.75) is 51.1 Å². The van der Waals surface area contributed by atoms with Gasteiger partial charge in [0.2, 0.25) is 11.8 Å². The summed E-state index contributed by atoms with van der Waals surface area (Å²) in [6.07, 6.45) is 6.26. The van der Waals surface area contributed by atoms with Gasteiger partial charge in [-0.05, 0) is 36.5 Å². The molecule has 2 atom stereocenters. The van der Waals surface area contributed by atoms with Crippen LogP contribution in [0.4, 0.5) is 0 Å². The average Bonchev–Trinajstić information content (AvgIpc) is 3.07. The zero-order chi connectivity index (χ0) is 19.2. The van der Waals surface area contributed by atoms with Crippen LogP contribution in [0.5, 0.6) is 5.75 Å². The van der Waals surface area contributed by atoms with Crippen molar-refractivity contribution in [1.82, 2.24) is 10.2 Å². The number of nitrogens with zero attached hydrogens (tertiary/aromatic N) is 1. The molecule has 0 bridgehead atoms. The number of likely N-dealkylation sites (tertiary alicyclic amines) is 1. The molecule has 148 valence electrons. The number of nitrogens with one attached hydrogen (secondary N) is 1. The maximum Gasteiger partial charge on any atom is 0.225 e. The van der Waals surface area contributed by atoms with Gasteiger partial charge in [0.15, 0.2) is 0 Å². The third-order valence-electron chi connectivity index (χ3n) is 5.92. The standard InChI is InChI=1S/C21H31N3O3/c1-27-18-9-7-15(8-10-18)13-24-14-17(11-20(24)25)21(26)23-19(12-22)16-5-3-2-4-6-16/h7-10,16-17,19H,2-6,11-14,22H2,1H3,(H,23,26). The van der Waals surface area contributed by atoms with Crippen LogP contribution in [0, 0.1) is 11.8 Å². The molecule has 1 aromatic carbocycles. The Morgan fingerprint density at radius 3 is 2.59 bits per heavy atom. The van der Waals surface area contributed by atoms with E-state index in [0.29, 0.717) is 25.6 Å². The Morgan fingerprint density at radius 2 is 1.96 bits per heavy atom. The molecule has 1 saturated carbocycles. The van der Waals surface area contributed by atoms with Crippen LogP contribution in [0.1, 0.15) is 44.1 Å². The van der Waals surface area contributed by atoms with E-state index in [-0.39, 0.29) is 30.2 Å². The fourth-order valence-corrected chi connectivity index (χ4v) is 4.26. The van der Waals surface area contributed by atoms with Crippen LogP contribution in [-0.4, -0.2) is 43.0 Å². The van der Waals surface area contributed by atoms with E-state index in [1.165, 1.54) is 19.3 Å². The van der Waals surface area contributed by atoms with Gasteiger partial charge < -0.3 is 20.7 Å². The normalized spacial score (nSPS) is 21.9. The van der Waals surface area contributed by atoms with Gasteiger partial charge in [-0.3, -0.25) is 9.59 Å². The second-order valence-corrected chi connectivity index (χ2v) is 7.77. The molecule has 2 aliphatic rings. The van der Waals surface area contributed by atoms with Crippen LogP contribution in [-0.2, 0) is 16.1 Å². The number of carbonyl (C=O) groups excluding carboxylic acids is 2. The van der Waals surface area contributed by atoms with Gasteiger partial charge in [0.05, 0.1) is 13.0 Å². The van der Waals surface area contributed by atoms with Gasteiger partial charge in [-0.25, -0.2) is 0 Å². The minimum atomic E-state index is -0.284. The molecule has 6 heteroatoms. The van der Waals surface area contributed by atoms with Gasteiger partial charge in [-0.1, -0.05) is 31.4 Å². The van der Waals surface area contributed by atoms with Crippen LogP contribution >= 0.6 is 0 Å². The van der Waals surface area contributed by atoms with Crippen LogP contribution < -0.4 is 15.8 Å². The van der Waals surface area contributed by atoms with E-state index in [2.05, 4.69) is 5.32 Å². The summed E-state index contributed by atoms with van der Waals surface area (Å²) in [6, 6.07) is 7.70. The second-order valence-electron chi connectivity index (χ2n) is 7.77. The van der Waals surface area contributed by atoms with E-state index in [1.807, 2.05) is 24.3 Å². The molecule has 0 spiro atoms. The van der Waals surface area contributed by atoms with Gasteiger partial charge in [0.1, 0.15) is 5.75 Å². The summed E-state index contributed by atoms with van der Waals surface area (Å²) in [5.74, 6) is 0.988. The molecule has 2 unspecified atom stereocenters. The first kappa shape index (κ1) is 19.7. The molecule has 0 radical (unpaired) electrons. The molecule has 27 heavy (non-hydrogen) atoms. The summed E-state index contributed by atoms with van der Waals surface area (Å²) < 4.78 is 5.16. The molecule has 1 heterocycles. The first-order valence-electron chi connectivity index (χ1n) is 10.0. The third kappa shape index (κ3) is 5.01. The number of ether oxygens (including phenoxy) is 1. The molecule has 3 N–H and O–H groups in total. The monoisotopic (exact) mass is 373 g/mol. The van der Waals surface area contributed by atoms with Crippen LogP contribution in [0.15, 0.2) is 24.3 Å². The topological polar surface area (TPSA) is 84.7 Å². The quantitative estimate of drug-likeness (QED) is 0.766. The first-order valence-corrected chi connectivity index (χ1v) is 10.0. The van der Waals surface area contributed by atoms with Crippen molar-refractivity contribution >= 4 is 11.8 Å². The van der Waals surface area contributed by atoms with E-state index in [0.717, 1.165) is 24.2 Å². The van der Waals surface area contributed by atoms with Crippen LogP contribution in [0.25, 0.3) is 0 Å². The summed E-state index contributed by atoms with van der Waals surface area (Å²) in [5, 5.41) is 3.14. The Balaban J connectivity index is 1.54.